The number of nitrogens with one attached hydrogen (secondary N) is 1. The number of anilines is 1. The molecule has 3 heterocycles. The van der Waals surface area contributed by atoms with Gasteiger partial charge in [0.05, 0.1) is 29.5 Å². The summed E-state index contributed by atoms with van der Waals surface area (Å²) < 4.78 is 13.3. The van der Waals surface area contributed by atoms with Crippen molar-refractivity contribution < 1.29 is 14.3 Å². The molecule has 2 aromatic heterocycles. The van der Waals surface area contributed by atoms with E-state index in [1.807, 2.05) is 29.9 Å². The number of carbonyl (C=O) groups is 1. The Morgan fingerprint density at radius 3 is 2.67 bits per heavy atom. The van der Waals surface area contributed by atoms with Gasteiger partial charge in [-0.25, -0.2) is 4.98 Å². The minimum Gasteiger partial charge on any atom is -0.490 e. The summed E-state index contributed by atoms with van der Waals surface area (Å²) in [6.45, 7) is 5.00. The van der Waals surface area contributed by atoms with Crippen LogP contribution < -0.4 is 14.8 Å². The minimum absolute atomic E-state index is 0.234. The first kappa shape index (κ1) is 17.9. The lowest BCUT2D eigenvalue weighted by Crippen LogP contribution is -2.13. The van der Waals surface area contributed by atoms with Crippen LogP contribution in [0.4, 0.5) is 5.69 Å². The maximum atomic E-state index is 12.9. The largest absolute Gasteiger partial charge is 0.490 e. The van der Waals surface area contributed by atoms with E-state index in [1.54, 1.807) is 18.3 Å². The van der Waals surface area contributed by atoms with Gasteiger partial charge in [-0.15, -0.1) is 11.3 Å². The van der Waals surface area contributed by atoms with Crippen LogP contribution >= 0.6 is 22.9 Å². The van der Waals surface area contributed by atoms with Gasteiger partial charge < -0.3 is 14.8 Å². The number of benzene rings is 1. The van der Waals surface area contributed by atoms with Gasteiger partial charge in [0.1, 0.15) is 0 Å². The third kappa shape index (κ3) is 3.40. The summed E-state index contributed by atoms with van der Waals surface area (Å²) in [6, 6.07) is 5.24. The molecule has 0 aliphatic carbocycles. The van der Waals surface area contributed by atoms with Gasteiger partial charge in [-0.05, 0) is 19.9 Å². The van der Waals surface area contributed by atoms with E-state index < -0.39 is 0 Å². The van der Waals surface area contributed by atoms with Crippen LogP contribution in [0.25, 0.3) is 5.13 Å². The monoisotopic (exact) mass is 403 g/mol. The fraction of sp³-hybridized carbons (Fsp3) is 0.263. The number of amides is 1. The zero-order chi connectivity index (χ0) is 19.0. The fourth-order valence-corrected chi connectivity index (χ4v) is 4.04. The Balaban J connectivity index is 1.64. The van der Waals surface area contributed by atoms with Crippen LogP contribution in [0.2, 0.25) is 5.02 Å². The molecule has 4 rings (SSSR count). The molecular formula is C19H18ClN3O3S. The molecule has 1 aliphatic rings. The fourth-order valence-electron chi connectivity index (χ4n) is 3.08. The normalized spacial score (nSPS) is 13.3. The van der Waals surface area contributed by atoms with Gasteiger partial charge in [0, 0.05) is 41.5 Å². The Bertz CT molecular complexity index is 998. The molecule has 0 bridgehead atoms. The predicted molar refractivity (Wildman–Crippen MR) is 106 cm³/mol. The SMILES string of the molecule is Cc1cc(C(=O)Nc2cc3c(cc2Cl)OCCCO3)c(C)n1-c1nccs1. The second-order valence-corrected chi connectivity index (χ2v) is 7.50. The van der Waals surface area contributed by atoms with Crippen LogP contribution in [0.1, 0.15) is 28.2 Å². The second kappa shape index (κ2) is 7.25. The van der Waals surface area contributed by atoms with Gasteiger partial charge in [0.25, 0.3) is 5.91 Å². The Hall–Kier alpha value is -2.51. The van der Waals surface area contributed by atoms with Crippen LogP contribution in [-0.2, 0) is 0 Å². The Labute approximate surface area is 165 Å². The van der Waals surface area contributed by atoms with Crippen molar-refractivity contribution in [1.82, 2.24) is 9.55 Å². The lowest BCUT2D eigenvalue weighted by molar-refractivity contribution is 0.102. The summed E-state index contributed by atoms with van der Waals surface area (Å²) in [4.78, 5) is 17.2. The number of carbonyl (C=O) groups excluding carboxylic acids is 1. The van der Waals surface area contributed by atoms with E-state index in [4.69, 9.17) is 21.1 Å². The smallest absolute Gasteiger partial charge is 0.257 e. The van der Waals surface area contributed by atoms with Crippen molar-refractivity contribution in [3.63, 3.8) is 0 Å². The van der Waals surface area contributed by atoms with Crippen molar-refractivity contribution in [2.45, 2.75) is 20.3 Å². The second-order valence-electron chi connectivity index (χ2n) is 6.22. The van der Waals surface area contributed by atoms with Crippen LogP contribution in [0.5, 0.6) is 11.5 Å². The van der Waals surface area contributed by atoms with Gasteiger partial charge >= 0.3 is 0 Å². The van der Waals surface area contributed by atoms with E-state index in [9.17, 15) is 4.79 Å². The molecule has 8 heteroatoms. The molecular weight excluding hydrogens is 386 g/mol. The third-order valence-electron chi connectivity index (χ3n) is 4.37. The van der Waals surface area contributed by atoms with Crippen LogP contribution in [0.3, 0.4) is 0 Å². The van der Waals surface area contributed by atoms with Crippen molar-refractivity contribution in [3.8, 4) is 16.6 Å². The zero-order valence-corrected chi connectivity index (χ0v) is 16.5. The molecule has 0 spiro atoms. The van der Waals surface area contributed by atoms with Crippen molar-refractivity contribution in [2.75, 3.05) is 18.5 Å². The maximum Gasteiger partial charge on any atom is 0.257 e. The molecule has 27 heavy (non-hydrogen) atoms. The summed E-state index contributed by atoms with van der Waals surface area (Å²) in [7, 11) is 0. The maximum absolute atomic E-state index is 12.9. The lowest BCUT2D eigenvalue weighted by Gasteiger charge is -2.12. The first-order chi connectivity index (χ1) is 13.0. The highest BCUT2D eigenvalue weighted by molar-refractivity contribution is 7.12. The Morgan fingerprint density at radius 1 is 1.22 bits per heavy atom. The number of ether oxygens (including phenoxy) is 2. The van der Waals surface area contributed by atoms with Gasteiger partial charge in [-0.2, -0.15) is 0 Å². The number of thiazole rings is 1. The van der Waals surface area contributed by atoms with E-state index in [0.29, 0.717) is 41.0 Å². The highest BCUT2D eigenvalue weighted by Gasteiger charge is 2.20. The summed E-state index contributed by atoms with van der Waals surface area (Å²) in [5.41, 5.74) is 2.83. The van der Waals surface area contributed by atoms with Crippen molar-refractivity contribution >= 4 is 34.5 Å². The quantitative estimate of drug-likeness (QED) is 0.693. The average molecular weight is 404 g/mol. The van der Waals surface area contributed by atoms with Gasteiger partial charge in [0.15, 0.2) is 16.6 Å². The minimum atomic E-state index is -0.234. The first-order valence-corrected chi connectivity index (χ1v) is 9.79. The lowest BCUT2D eigenvalue weighted by atomic mass is 10.2. The summed E-state index contributed by atoms with van der Waals surface area (Å²) in [5, 5.41) is 6.03. The molecule has 140 valence electrons. The van der Waals surface area contributed by atoms with Gasteiger partial charge in [0.2, 0.25) is 0 Å². The van der Waals surface area contributed by atoms with Crippen molar-refractivity contribution in [3.05, 3.63) is 51.7 Å². The molecule has 0 atom stereocenters. The molecule has 0 saturated heterocycles. The predicted octanol–water partition coefficient (Wildman–Crippen LogP) is 4.62. The number of rotatable bonds is 3. The molecule has 6 nitrogen and oxygen atoms in total. The number of aromatic nitrogens is 2. The van der Waals surface area contributed by atoms with Gasteiger partial charge in [-0.3, -0.25) is 9.36 Å². The van der Waals surface area contributed by atoms with Crippen molar-refractivity contribution in [2.24, 2.45) is 0 Å². The molecule has 1 amide bonds. The van der Waals surface area contributed by atoms with Crippen LogP contribution in [0.15, 0.2) is 29.8 Å². The first-order valence-electron chi connectivity index (χ1n) is 8.54. The highest BCUT2D eigenvalue weighted by Crippen LogP contribution is 2.38. The molecule has 3 aromatic rings. The Kier molecular flexibility index (Phi) is 4.80. The summed E-state index contributed by atoms with van der Waals surface area (Å²) in [6.07, 6.45) is 2.55. The van der Waals surface area contributed by atoms with E-state index in [2.05, 4.69) is 10.3 Å². The van der Waals surface area contributed by atoms with E-state index >= 15 is 0 Å². The number of fused-ring (bicyclic) bond motifs is 1. The summed E-state index contributed by atoms with van der Waals surface area (Å²) in [5.74, 6) is 0.945. The van der Waals surface area contributed by atoms with Crippen LogP contribution in [-0.4, -0.2) is 28.7 Å². The van der Waals surface area contributed by atoms with Crippen molar-refractivity contribution in [1.29, 1.82) is 0 Å². The van der Waals surface area contributed by atoms with Crippen LogP contribution in [0, 0.1) is 13.8 Å². The summed E-state index contributed by atoms with van der Waals surface area (Å²) >= 11 is 7.86. The molecule has 1 aromatic carbocycles. The highest BCUT2D eigenvalue weighted by atomic mass is 35.5. The number of hydrogen-bond acceptors (Lipinski definition) is 5. The van der Waals surface area contributed by atoms with E-state index in [-0.39, 0.29) is 5.91 Å². The molecule has 0 radical (unpaired) electrons. The average Bonchev–Trinajstić information content (AvgIpc) is 3.18. The van der Waals surface area contributed by atoms with E-state index in [0.717, 1.165) is 22.9 Å². The van der Waals surface area contributed by atoms with E-state index in [1.165, 1.54) is 11.3 Å². The number of halogens is 1. The number of aryl methyl sites for hydroxylation is 1. The molecule has 1 N–H and O–H groups in total. The molecule has 0 fully saturated rings. The topological polar surface area (TPSA) is 65.4 Å². The zero-order valence-electron chi connectivity index (χ0n) is 14.9. The standard InChI is InChI=1S/C19H18ClN3O3S/c1-11-8-13(12(2)23(11)19-21-4-7-27-19)18(24)22-15-10-17-16(9-14(15)20)25-5-3-6-26-17/h4,7-10H,3,5-6H2,1-2H3,(H,22,24). The molecule has 1 aliphatic heterocycles. The van der Waals surface area contributed by atoms with Gasteiger partial charge in [-0.1, -0.05) is 11.6 Å². The number of hydrogen-bond donors (Lipinski definition) is 1. The third-order valence-corrected chi connectivity index (χ3v) is 5.44. The number of nitrogens with zero attached hydrogens (tertiary/aromatic N) is 2. The Morgan fingerprint density at radius 2 is 1.96 bits per heavy atom. The molecule has 0 saturated carbocycles. The molecule has 0 unspecified atom stereocenters.